The van der Waals surface area contributed by atoms with Gasteiger partial charge in [-0.15, -0.1) is 0 Å². The van der Waals surface area contributed by atoms with Gasteiger partial charge < -0.3 is 11.1 Å². The summed E-state index contributed by atoms with van der Waals surface area (Å²) >= 11 is 1.17. The molecule has 5 rings (SSSR count). The maximum absolute atomic E-state index is 13.4. The second-order valence-electron chi connectivity index (χ2n) is 9.20. The Morgan fingerprint density at radius 1 is 1.03 bits per heavy atom. The minimum absolute atomic E-state index is 0.244. The van der Waals surface area contributed by atoms with Crippen molar-refractivity contribution < 1.29 is 9.59 Å². The minimum Gasteiger partial charge on any atom is -0.351 e. The van der Waals surface area contributed by atoms with Gasteiger partial charge >= 0.3 is 6.03 Å². The number of nitrogens with two attached hydrogens (primary N) is 1. The van der Waals surface area contributed by atoms with Crippen LogP contribution in [0.4, 0.5) is 15.6 Å². The molecule has 3 aromatic carbocycles. The summed E-state index contributed by atoms with van der Waals surface area (Å²) in [5.74, 6) is 0.281. The molecule has 0 saturated heterocycles. The fourth-order valence-corrected chi connectivity index (χ4v) is 5.20. The molecule has 36 heavy (non-hydrogen) atoms. The summed E-state index contributed by atoms with van der Waals surface area (Å²) in [6.07, 6.45) is 2.30. The number of amides is 3. The molecule has 1 aromatic heterocycles. The summed E-state index contributed by atoms with van der Waals surface area (Å²) in [6.45, 7) is 4.35. The third kappa shape index (κ3) is 5.02. The van der Waals surface area contributed by atoms with Crippen LogP contribution in [0.25, 0.3) is 11.3 Å². The van der Waals surface area contributed by atoms with Gasteiger partial charge in [0.05, 0.1) is 11.4 Å². The summed E-state index contributed by atoms with van der Waals surface area (Å²) in [4.78, 5) is 32.8. The normalized spacial score (nSPS) is 12.8. The number of rotatable bonds is 7. The van der Waals surface area contributed by atoms with E-state index in [-0.39, 0.29) is 5.91 Å². The monoisotopic (exact) mass is 496 g/mol. The van der Waals surface area contributed by atoms with Crippen molar-refractivity contribution in [2.45, 2.75) is 39.2 Å². The molecular weight excluding hydrogens is 468 g/mol. The number of hydrogen-bond donors (Lipinski definition) is 2. The first kappa shape index (κ1) is 23.8. The number of urea groups is 1. The van der Waals surface area contributed by atoms with Crippen LogP contribution in [0.1, 0.15) is 50.7 Å². The van der Waals surface area contributed by atoms with Crippen LogP contribution >= 0.6 is 11.3 Å². The Bertz CT molecular complexity index is 1410. The summed E-state index contributed by atoms with van der Waals surface area (Å²) in [5, 5.41) is 3.37. The van der Waals surface area contributed by atoms with Crippen LogP contribution in [0.15, 0.2) is 72.8 Å². The van der Waals surface area contributed by atoms with Crippen molar-refractivity contribution in [3.05, 3.63) is 99.9 Å². The first-order valence-electron chi connectivity index (χ1n) is 12.0. The Kier molecular flexibility index (Phi) is 6.57. The molecule has 7 heteroatoms. The molecule has 0 unspecified atom stereocenters. The van der Waals surface area contributed by atoms with Crippen LogP contribution < -0.4 is 16.0 Å². The molecular formula is C29H28N4O2S. The lowest BCUT2D eigenvalue weighted by molar-refractivity contribution is 0.0955. The lowest BCUT2D eigenvalue weighted by Gasteiger charge is -2.20. The molecule has 1 saturated carbocycles. The molecule has 0 aliphatic heterocycles. The maximum atomic E-state index is 13.4. The average Bonchev–Trinajstić information content (AvgIpc) is 3.64. The molecule has 1 aliphatic carbocycles. The van der Waals surface area contributed by atoms with E-state index in [2.05, 4.69) is 11.4 Å². The fraction of sp³-hybridized carbons (Fsp3) is 0.207. The van der Waals surface area contributed by atoms with Crippen molar-refractivity contribution >= 4 is 34.1 Å². The van der Waals surface area contributed by atoms with Crippen molar-refractivity contribution in [2.75, 3.05) is 4.90 Å². The van der Waals surface area contributed by atoms with Gasteiger partial charge in [0.2, 0.25) is 0 Å². The molecule has 0 bridgehead atoms. The standard InChI is InChI=1S/C29H28N4O2S/c1-18-8-11-22(12-9-18)25-26(27(34)31-17-20-6-4-3-5-7-20)36-29(32-25)33(28(30)35)24-16-23(21-14-15-21)13-10-19(24)2/h3-13,16,21H,14-15,17H2,1-2H3,(H2,30,35)(H,31,34). The molecule has 182 valence electrons. The zero-order valence-corrected chi connectivity index (χ0v) is 21.1. The first-order valence-corrected chi connectivity index (χ1v) is 12.8. The summed E-state index contributed by atoms with van der Waals surface area (Å²) < 4.78 is 0. The van der Waals surface area contributed by atoms with E-state index in [4.69, 9.17) is 10.7 Å². The third-order valence-corrected chi connectivity index (χ3v) is 7.42. The zero-order chi connectivity index (χ0) is 25.2. The van der Waals surface area contributed by atoms with Gasteiger partial charge in [0.1, 0.15) is 4.88 Å². The quantitative estimate of drug-likeness (QED) is 0.308. The highest BCUT2D eigenvalue weighted by atomic mass is 32.1. The van der Waals surface area contributed by atoms with Crippen LogP contribution in [0.2, 0.25) is 0 Å². The van der Waals surface area contributed by atoms with Crippen LogP contribution in [-0.4, -0.2) is 16.9 Å². The molecule has 1 fully saturated rings. The van der Waals surface area contributed by atoms with E-state index in [0.29, 0.717) is 33.9 Å². The van der Waals surface area contributed by atoms with Crippen LogP contribution in [0.5, 0.6) is 0 Å². The van der Waals surface area contributed by atoms with Crippen molar-refractivity contribution in [1.82, 2.24) is 10.3 Å². The van der Waals surface area contributed by atoms with E-state index < -0.39 is 6.03 Å². The summed E-state index contributed by atoms with van der Waals surface area (Å²) in [6, 6.07) is 23.1. The molecule has 3 amide bonds. The Morgan fingerprint density at radius 2 is 1.75 bits per heavy atom. The maximum Gasteiger partial charge on any atom is 0.325 e. The van der Waals surface area contributed by atoms with Crippen molar-refractivity contribution in [1.29, 1.82) is 0 Å². The fourth-order valence-electron chi connectivity index (χ4n) is 4.18. The van der Waals surface area contributed by atoms with E-state index in [0.717, 1.165) is 35.1 Å². The van der Waals surface area contributed by atoms with E-state index in [1.54, 1.807) is 0 Å². The average molecular weight is 497 g/mol. The third-order valence-electron chi connectivity index (χ3n) is 6.38. The van der Waals surface area contributed by atoms with Gasteiger partial charge in [-0.2, -0.15) is 0 Å². The van der Waals surface area contributed by atoms with Gasteiger partial charge in [0, 0.05) is 12.1 Å². The zero-order valence-electron chi connectivity index (χ0n) is 20.3. The molecule has 0 atom stereocenters. The number of carbonyl (C=O) groups excluding carboxylic acids is 2. The van der Waals surface area contributed by atoms with Gasteiger partial charge in [-0.1, -0.05) is 83.6 Å². The van der Waals surface area contributed by atoms with E-state index in [1.807, 2.05) is 80.6 Å². The van der Waals surface area contributed by atoms with E-state index >= 15 is 0 Å². The SMILES string of the molecule is Cc1ccc(-c2nc(N(C(N)=O)c3cc(C4CC4)ccc3C)sc2C(=O)NCc2ccccc2)cc1. The molecule has 0 radical (unpaired) electrons. The molecule has 3 N–H and O–H groups in total. The van der Waals surface area contributed by atoms with E-state index in [9.17, 15) is 9.59 Å². The Balaban J connectivity index is 1.55. The number of thiazole rings is 1. The Hall–Kier alpha value is -3.97. The first-order chi connectivity index (χ1) is 17.4. The highest BCUT2D eigenvalue weighted by molar-refractivity contribution is 7.18. The predicted molar refractivity (Wildman–Crippen MR) is 145 cm³/mol. The highest BCUT2D eigenvalue weighted by Crippen LogP contribution is 2.43. The Morgan fingerprint density at radius 3 is 2.42 bits per heavy atom. The number of anilines is 2. The van der Waals surface area contributed by atoms with Crippen molar-refractivity contribution in [3.8, 4) is 11.3 Å². The molecule has 6 nitrogen and oxygen atoms in total. The number of benzene rings is 3. The van der Waals surface area contributed by atoms with E-state index in [1.165, 1.54) is 21.8 Å². The van der Waals surface area contributed by atoms with Crippen molar-refractivity contribution in [3.63, 3.8) is 0 Å². The van der Waals surface area contributed by atoms with Gasteiger partial charge in [-0.05, 0) is 55.4 Å². The van der Waals surface area contributed by atoms with Crippen molar-refractivity contribution in [2.24, 2.45) is 5.73 Å². The van der Waals surface area contributed by atoms with Gasteiger partial charge in [-0.25, -0.2) is 14.7 Å². The number of aromatic nitrogens is 1. The largest absolute Gasteiger partial charge is 0.351 e. The van der Waals surface area contributed by atoms with Crippen LogP contribution in [0.3, 0.4) is 0 Å². The minimum atomic E-state index is -0.633. The van der Waals surface area contributed by atoms with Gasteiger partial charge in [-0.3, -0.25) is 4.79 Å². The number of hydrogen-bond acceptors (Lipinski definition) is 4. The number of nitrogens with one attached hydrogen (secondary N) is 1. The van der Waals surface area contributed by atoms with Gasteiger partial charge in [0.25, 0.3) is 5.91 Å². The molecule has 0 spiro atoms. The summed E-state index contributed by atoms with van der Waals surface area (Å²) in [5.41, 5.74) is 12.1. The topological polar surface area (TPSA) is 88.3 Å². The number of nitrogens with zero attached hydrogens (tertiary/aromatic N) is 2. The molecule has 1 aliphatic rings. The summed E-state index contributed by atoms with van der Waals surface area (Å²) in [7, 11) is 0. The van der Waals surface area contributed by atoms with Crippen LogP contribution in [0, 0.1) is 13.8 Å². The predicted octanol–water partition coefficient (Wildman–Crippen LogP) is 6.45. The number of aryl methyl sites for hydroxylation is 2. The smallest absolute Gasteiger partial charge is 0.325 e. The lowest BCUT2D eigenvalue weighted by Crippen LogP contribution is -2.32. The molecule has 1 heterocycles. The lowest BCUT2D eigenvalue weighted by atomic mass is 10.1. The number of carbonyl (C=O) groups is 2. The second-order valence-corrected chi connectivity index (χ2v) is 10.2. The van der Waals surface area contributed by atoms with Crippen LogP contribution in [-0.2, 0) is 6.54 Å². The highest BCUT2D eigenvalue weighted by Gasteiger charge is 2.29. The second kappa shape index (κ2) is 9.95. The Labute approximate surface area is 214 Å². The molecule has 4 aromatic rings. The number of primary amides is 1. The van der Waals surface area contributed by atoms with Gasteiger partial charge in [0.15, 0.2) is 5.13 Å².